The number of sulfone groups is 1. The van der Waals surface area contributed by atoms with Gasteiger partial charge in [-0.2, -0.15) is 0 Å². The van der Waals surface area contributed by atoms with Crippen LogP contribution in [0.25, 0.3) is 0 Å². The standard InChI is InChI=1S/C11H18N2O5S/c1-19(17,18)5-4-9(12)10(14)13-8-3-2-7(6-8)11(15)16/h2-3,7-9H,4-6,12H2,1H3,(H,13,14)(H,15,16). The molecular formula is C11H18N2O5S. The molecule has 0 saturated carbocycles. The van der Waals surface area contributed by atoms with Gasteiger partial charge in [-0.25, -0.2) is 8.42 Å². The van der Waals surface area contributed by atoms with Crippen LogP contribution in [-0.4, -0.2) is 49.5 Å². The molecule has 8 heteroatoms. The molecule has 0 saturated heterocycles. The van der Waals surface area contributed by atoms with E-state index >= 15 is 0 Å². The van der Waals surface area contributed by atoms with Crippen molar-refractivity contribution in [2.75, 3.05) is 12.0 Å². The summed E-state index contributed by atoms with van der Waals surface area (Å²) in [5, 5.41) is 11.4. The molecule has 1 rings (SSSR count). The van der Waals surface area contributed by atoms with Gasteiger partial charge in [0.2, 0.25) is 5.91 Å². The molecule has 0 bridgehead atoms. The van der Waals surface area contributed by atoms with E-state index in [9.17, 15) is 18.0 Å². The van der Waals surface area contributed by atoms with E-state index in [-0.39, 0.29) is 18.2 Å². The fourth-order valence-corrected chi connectivity index (χ4v) is 2.43. The molecule has 0 aliphatic heterocycles. The van der Waals surface area contributed by atoms with Crippen molar-refractivity contribution < 1.29 is 23.1 Å². The summed E-state index contributed by atoms with van der Waals surface area (Å²) in [4.78, 5) is 22.4. The van der Waals surface area contributed by atoms with Crippen molar-refractivity contribution in [3.8, 4) is 0 Å². The SMILES string of the molecule is CS(=O)(=O)CCC(N)C(=O)NC1C=CC(C(=O)O)C1. The smallest absolute Gasteiger partial charge is 0.310 e. The van der Waals surface area contributed by atoms with Crippen LogP contribution < -0.4 is 11.1 Å². The Labute approximate surface area is 111 Å². The molecule has 0 radical (unpaired) electrons. The Morgan fingerprint density at radius 3 is 2.58 bits per heavy atom. The topological polar surface area (TPSA) is 127 Å². The van der Waals surface area contributed by atoms with Crippen LogP contribution in [0.1, 0.15) is 12.8 Å². The van der Waals surface area contributed by atoms with E-state index in [0.29, 0.717) is 6.42 Å². The zero-order chi connectivity index (χ0) is 14.6. The van der Waals surface area contributed by atoms with Crippen molar-refractivity contribution in [2.45, 2.75) is 24.9 Å². The number of amides is 1. The third-order valence-electron chi connectivity index (χ3n) is 2.86. The monoisotopic (exact) mass is 290 g/mol. The van der Waals surface area contributed by atoms with Gasteiger partial charge in [-0.3, -0.25) is 9.59 Å². The maximum atomic E-state index is 11.7. The van der Waals surface area contributed by atoms with Crippen LogP contribution in [0, 0.1) is 5.92 Å². The van der Waals surface area contributed by atoms with Gasteiger partial charge in [-0.05, 0) is 12.8 Å². The van der Waals surface area contributed by atoms with Crippen molar-refractivity contribution in [1.29, 1.82) is 0 Å². The molecule has 1 amide bonds. The second-order valence-electron chi connectivity index (χ2n) is 4.71. The largest absolute Gasteiger partial charge is 0.481 e. The van der Waals surface area contributed by atoms with Crippen LogP contribution >= 0.6 is 0 Å². The highest BCUT2D eigenvalue weighted by Gasteiger charge is 2.26. The summed E-state index contributed by atoms with van der Waals surface area (Å²) < 4.78 is 21.9. The minimum absolute atomic E-state index is 0.0451. The molecule has 3 atom stereocenters. The minimum atomic E-state index is -3.15. The average Bonchev–Trinajstić information content (AvgIpc) is 2.73. The summed E-state index contributed by atoms with van der Waals surface area (Å²) in [6, 6.07) is -1.27. The second-order valence-corrected chi connectivity index (χ2v) is 6.97. The predicted octanol–water partition coefficient (Wildman–Crippen LogP) is -1.11. The molecule has 0 aromatic carbocycles. The van der Waals surface area contributed by atoms with Gasteiger partial charge < -0.3 is 16.2 Å². The maximum absolute atomic E-state index is 11.7. The molecule has 1 aliphatic carbocycles. The van der Waals surface area contributed by atoms with Gasteiger partial charge in [0.25, 0.3) is 0 Å². The fraction of sp³-hybridized carbons (Fsp3) is 0.636. The third kappa shape index (κ3) is 5.39. The molecule has 4 N–H and O–H groups in total. The van der Waals surface area contributed by atoms with E-state index in [4.69, 9.17) is 10.8 Å². The van der Waals surface area contributed by atoms with Crippen molar-refractivity contribution in [3.63, 3.8) is 0 Å². The van der Waals surface area contributed by atoms with Crippen molar-refractivity contribution in [1.82, 2.24) is 5.32 Å². The summed E-state index contributed by atoms with van der Waals surface area (Å²) in [5.74, 6) is -2.16. The minimum Gasteiger partial charge on any atom is -0.481 e. The highest BCUT2D eigenvalue weighted by Crippen LogP contribution is 2.17. The summed E-state index contributed by atoms with van der Waals surface area (Å²) in [7, 11) is -3.15. The van der Waals surface area contributed by atoms with E-state index < -0.39 is 33.7 Å². The Hall–Kier alpha value is -1.41. The van der Waals surface area contributed by atoms with E-state index in [1.54, 1.807) is 6.08 Å². The molecule has 0 heterocycles. The van der Waals surface area contributed by atoms with Gasteiger partial charge in [0.05, 0.1) is 17.7 Å². The Balaban J connectivity index is 2.40. The van der Waals surface area contributed by atoms with Crippen LogP contribution in [0.4, 0.5) is 0 Å². The predicted molar refractivity (Wildman–Crippen MR) is 69.1 cm³/mol. The third-order valence-corrected chi connectivity index (χ3v) is 3.84. The molecule has 3 unspecified atom stereocenters. The first kappa shape index (κ1) is 15.6. The highest BCUT2D eigenvalue weighted by molar-refractivity contribution is 7.90. The summed E-state index contributed by atoms with van der Waals surface area (Å²) in [6.07, 6.45) is 4.55. The quantitative estimate of drug-likeness (QED) is 0.533. The van der Waals surface area contributed by atoms with Crippen LogP contribution in [0.15, 0.2) is 12.2 Å². The first-order chi connectivity index (χ1) is 8.69. The number of carboxylic acids is 1. The van der Waals surface area contributed by atoms with Crippen molar-refractivity contribution in [3.05, 3.63) is 12.2 Å². The van der Waals surface area contributed by atoms with Gasteiger partial charge in [0.15, 0.2) is 0 Å². The Morgan fingerprint density at radius 1 is 1.47 bits per heavy atom. The number of carboxylic acid groups (broad SMARTS) is 1. The Bertz CT molecular complexity index is 485. The van der Waals surface area contributed by atoms with E-state index in [1.165, 1.54) is 6.08 Å². The van der Waals surface area contributed by atoms with Gasteiger partial charge in [0.1, 0.15) is 9.84 Å². The number of carbonyl (C=O) groups is 2. The van der Waals surface area contributed by atoms with Gasteiger partial charge >= 0.3 is 5.97 Å². The van der Waals surface area contributed by atoms with Crippen molar-refractivity contribution >= 4 is 21.7 Å². The lowest BCUT2D eigenvalue weighted by Crippen LogP contribution is -2.45. The van der Waals surface area contributed by atoms with Crippen LogP contribution in [0.2, 0.25) is 0 Å². The number of carbonyl (C=O) groups excluding carboxylic acids is 1. The summed E-state index contributed by atoms with van der Waals surface area (Å²) in [6.45, 7) is 0. The van der Waals surface area contributed by atoms with Crippen LogP contribution in [0.3, 0.4) is 0 Å². The molecule has 108 valence electrons. The number of hydrogen-bond acceptors (Lipinski definition) is 5. The molecule has 1 aliphatic rings. The highest BCUT2D eigenvalue weighted by atomic mass is 32.2. The average molecular weight is 290 g/mol. The summed E-state index contributed by atoms with van der Waals surface area (Å²) in [5.41, 5.74) is 5.58. The number of aliphatic carboxylic acids is 1. The molecule has 7 nitrogen and oxygen atoms in total. The summed E-state index contributed by atoms with van der Waals surface area (Å²) >= 11 is 0. The Morgan fingerprint density at radius 2 is 2.11 bits per heavy atom. The molecule has 0 fully saturated rings. The molecule has 0 aromatic heterocycles. The van der Waals surface area contributed by atoms with Gasteiger partial charge in [0, 0.05) is 12.3 Å². The molecule has 19 heavy (non-hydrogen) atoms. The van der Waals surface area contributed by atoms with E-state index in [2.05, 4.69) is 5.32 Å². The normalized spacial score (nSPS) is 24.1. The van der Waals surface area contributed by atoms with Crippen molar-refractivity contribution in [2.24, 2.45) is 11.7 Å². The Kier molecular flexibility index (Phi) is 5.07. The second kappa shape index (κ2) is 6.16. The van der Waals surface area contributed by atoms with E-state index in [1.807, 2.05) is 0 Å². The van der Waals surface area contributed by atoms with Gasteiger partial charge in [-0.1, -0.05) is 12.2 Å². The first-order valence-electron chi connectivity index (χ1n) is 5.84. The maximum Gasteiger partial charge on any atom is 0.310 e. The number of nitrogens with one attached hydrogen (secondary N) is 1. The number of rotatable bonds is 6. The first-order valence-corrected chi connectivity index (χ1v) is 7.90. The lowest BCUT2D eigenvalue weighted by molar-refractivity contribution is -0.140. The molecule has 0 spiro atoms. The van der Waals surface area contributed by atoms with Gasteiger partial charge in [-0.15, -0.1) is 0 Å². The van der Waals surface area contributed by atoms with E-state index in [0.717, 1.165) is 6.26 Å². The number of hydrogen-bond donors (Lipinski definition) is 3. The fourth-order valence-electron chi connectivity index (χ4n) is 1.75. The zero-order valence-corrected chi connectivity index (χ0v) is 11.4. The number of nitrogens with two attached hydrogens (primary N) is 1. The lowest BCUT2D eigenvalue weighted by atomic mass is 10.1. The molecule has 0 aromatic rings. The lowest BCUT2D eigenvalue weighted by Gasteiger charge is -2.16. The molecular weight excluding hydrogens is 272 g/mol. The van der Waals surface area contributed by atoms with Crippen LogP contribution in [-0.2, 0) is 19.4 Å². The zero-order valence-electron chi connectivity index (χ0n) is 10.6. The van der Waals surface area contributed by atoms with Crippen LogP contribution in [0.5, 0.6) is 0 Å².